The summed E-state index contributed by atoms with van der Waals surface area (Å²) >= 11 is 3.63. The third-order valence-electron chi connectivity index (χ3n) is 3.87. The Morgan fingerprint density at radius 1 is 1.55 bits per heavy atom. The SMILES string of the molecule is CCCn1ncc(Br)c1C(NC)C1CN(CC)CCO1. The zero-order valence-electron chi connectivity index (χ0n) is 12.6. The summed E-state index contributed by atoms with van der Waals surface area (Å²) in [6.07, 6.45) is 3.12. The van der Waals surface area contributed by atoms with Gasteiger partial charge < -0.3 is 10.1 Å². The van der Waals surface area contributed by atoms with Crippen LogP contribution >= 0.6 is 15.9 Å². The van der Waals surface area contributed by atoms with E-state index in [0.717, 1.165) is 43.7 Å². The van der Waals surface area contributed by atoms with Crippen molar-refractivity contribution in [2.24, 2.45) is 0 Å². The fraction of sp³-hybridized carbons (Fsp3) is 0.786. The first-order chi connectivity index (χ1) is 9.71. The third-order valence-corrected chi connectivity index (χ3v) is 4.48. The van der Waals surface area contributed by atoms with Gasteiger partial charge in [0, 0.05) is 19.6 Å². The van der Waals surface area contributed by atoms with Gasteiger partial charge in [-0.1, -0.05) is 13.8 Å². The minimum Gasteiger partial charge on any atom is -0.374 e. The number of ether oxygens (including phenoxy) is 1. The zero-order valence-corrected chi connectivity index (χ0v) is 14.2. The first kappa shape index (κ1) is 15.9. The topological polar surface area (TPSA) is 42.3 Å². The van der Waals surface area contributed by atoms with Crippen molar-refractivity contribution in [3.8, 4) is 0 Å². The highest BCUT2D eigenvalue weighted by atomic mass is 79.9. The second kappa shape index (κ2) is 7.54. The summed E-state index contributed by atoms with van der Waals surface area (Å²) in [4.78, 5) is 2.44. The average Bonchev–Trinajstić information content (AvgIpc) is 2.82. The second-order valence-corrected chi connectivity index (χ2v) is 6.02. The number of hydrogen-bond acceptors (Lipinski definition) is 4. The first-order valence-electron chi connectivity index (χ1n) is 7.43. The van der Waals surface area contributed by atoms with Crippen LogP contribution in [0.3, 0.4) is 0 Å². The number of halogens is 1. The maximum Gasteiger partial charge on any atom is 0.0912 e. The molecule has 1 N–H and O–H groups in total. The van der Waals surface area contributed by atoms with Gasteiger partial charge in [-0.05, 0) is 35.9 Å². The molecule has 1 fully saturated rings. The van der Waals surface area contributed by atoms with Crippen LogP contribution in [0, 0.1) is 0 Å². The Morgan fingerprint density at radius 2 is 2.35 bits per heavy atom. The molecule has 2 heterocycles. The standard InChI is InChI=1S/C14H25BrN4O/c1-4-6-19-14(11(15)9-17-19)13(16-3)12-10-18(5-2)7-8-20-12/h9,12-13,16H,4-8,10H2,1-3H3. The first-order valence-corrected chi connectivity index (χ1v) is 8.22. The lowest BCUT2D eigenvalue weighted by molar-refractivity contribution is -0.0459. The minimum atomic E-state index is 0.160. The normalized spacial score (nSPS) is 22.1. The van der Waals surface area contributed by atoms with Crippen LogP contribution in [0.2, 0.25) is 0 Å². The van der Waals surface area contributed by atoms with Crippen LogP contribution in [0.25, 0.3) is 0 Å². The summed E-state index contributed by atoms with van der Waals surface area (Å²) in [6, 6.07) is 0.160. The van der Waals surface area contributed by atoms with Crippen molar-refractivity contribution in [1.82, 2.24) is 20.0 Å². The molecule has 1 saturated heterocycles. The number of nitrogens with one attached hydrogen (secondary N) is 1. The molecule has 0 spiro atoms. The second-order valence-electron chi connectivity index (χ2n) is 5.17. The van der Waals surface area contributed by atoms with Crippen molar-refractivity contribution in [2.45, 2.75) is 39.0 Å². The summed E-state index contributed by atoms with van der Waals surface area (Å²) in [5, 5.41) is 7.88. The summed E-state index contributed by atoms with van der Waals surface area (Å²) in [5.41, 5.74) is 1.19. The van der Waals surface area contributed by atoms with Gasteiger partial charge in [0.25, 0.3) is 0 Å². The van der Waals surface area contributed by atoms with Gasteiger partial charge in [-0.25, -0.2) is 0 Å². The molecule has 0 saturated carbocycles. The lowest BCUT2D eigenvalue weighted by atomic mass is 10.1. The molecule has 0 radical (unpaired) electrons. The van der Waals surface area contributed by atoms with E-state index in [1.54, 1.807) is 0 Å². The maximum atomic E-state index is 6.01. The van der Waals surface area contributed by atoms with Crippen molar-refractivity contribution in [1.29, 1.82) is 0 Å². The fourth-order valence-electron chi connectivity index (χ4n) is 2.79. The van der Waals surface area contributed by atoms with E-state index in [1.165, 1.54) is 5.69 Å². The molecule has 2 rings (SSSR count). The lowest BCUT2D eigenvalue weighted by Gasteiger charge is -2.36. The Bertz CT molecular complexity index is 423. The van der Waals surface area contributed by atoms with Gasteiger partial charge in [-0.2, -0.15) is 5.10 Å². The molecule has 0 amide bonds. The molecule has 0 aliphatic carbocycles. The highest BCUT2D eigenvalue weighted by Gasteiger charge is 2.31. The Morgan fingerprint density at radius 3 is 3.00 bits per heavy atom. The Balaban J connectivity index is 2.21. The summed E-state index contributed by atoms with van der Waals surface area (Å²) in [5.74, 6) is 0. The van der Waals surface area contributed by atoms with Gasteiger partial charge in [0.15, 0.2) is 0 Å². The number of aryl methyl sites for hydroxylation is 1. The van der Waals surface area contributed by atoms with Crippen molar-refractivity contribution in [3.05, 3.63) is 16.4 Å². The van der Waals surface area contributed by atoms with Crippen LogP contribution in [0.5, 0.6) is 0 Å². The van der Waals surface area contributed by atoms with Crippen molar-refractivity contribution < 1.29 is 4.74 Å². The van der Waals surface area contributed by atoms with Gasteiger partial charge in [0.05, 0.1) is 35.1 Å². The van der Waals surface area contributed by atoms with Gasteiger partial charge in [0.2, 0.25) is 0 Å². The van der Waals surface area contributed by atoms with E-state index in [0.29, 0.717) is 0 Å². The van der Waals surface area contributed by atoms with E-state index in [1.807, 2.05) is 13.2 Å². The van der Waals surface area contributed by atoms with Crippen LogP contribution in [0.4, 0.5) is 0 Å². The predicted octanol–water partition coefficient (Wildman–Crippen LogP) is 2.04. The lowest BCUT2D eigenvalue weighted by Crippen LogP contribution is -2.48. The maximum absolute atomic E-state index is 6.01. The van der Waals surface area contributed by atoms with E-state index >= 15 is 0 Å². The minimum absolute atomic E-state index is 0.160. The van der Waals surface area contributed by atoms with Crippen LogP contribution in [0.1, 0.15) is 32.0 Å². The highest BCUT2D eigenvalue weighted by Crippen LogP contribution is 2.28. The van der Waals surface area contributed by atoms with E-state index in [2.05, 4.69) is 49.8 Å². The predicted molar refractivity (Wildman–Crippen MR) is 83.9 cm³/mol. The van der Waals surface area contributed by atoms with E-state index in [4.69, 9.17) is 4.74 Å². The smallest absolute Gasteiger partial charge is 0.0912 e. The molecule has 0 aromatic carbocycles. The van der Waals surface area contributed by atoms with E-state index in [-0.39, 0.29) is 12.1 Å². The molecule has 1 aromatic rings. The zero-order chi connectivity index (χ0) is 14.5. The van der Waals surface area contributed by atoms with E-state index < -0.39 is 0 Å². The van der Waals surface area contributed by atoms with Crippen LogP contribution < -0.4 is 5.32 Å². The number of rotatable bonds is 6. The molecule has 1 aliphatic heterocycles. The quantitative estimate of drug-likeness (QED) is 0.857. The molecule has 5 nitrogen and oxygen atoms in total. The Kier molecular flexibility index (Phi) is 6.01. The van der Waals surface area contributed by atoms with E-state index in [9.17, 15) is 0 Å². The number of likely N-dealkylation sites (N-methyl/N-ethyl adjacent to an activating group) is 2. The number of hydrogen-bond donors (Lipinski definition) is 1. The Hall–Kier alpha value is -0.430. The average molecular weight is 345 g/mol. The van der Waals surface area contributed by atoms with Gasteiger partial charge in [-0.3, -0.25) is 9.58 Å². The summed E-state index contributed by atoms with van der Waals surface area (Å²) < 4.78 is 9.15. The molecule has 114 valence electrons. The highest BCUT2D eigenvalue weighted by molar-refractivity contribution is 9.10. The molecule has 2 unspecified atom stereocenters. The molecule has 2 atom stereocenters. The number of nitrogens with zero attached hydrogens (tertiary/aromatic N) is 3. The monoisotopic (exact) mass is 344 g/mol. The van der Waals surface area contributed by atoms with Crippen molar-refractivity contribution >= 4 is 15.9 Å². The number of morpholine rings is 1. The largest absolute Gasteiger partial charge is 0.374 e. The van der Waals surface area contributed by atoms with Gasteiger partial charge in [-0.15, -0.1) is 0 Å². The molecular formula is C14H25BrN4O. The Labute approximate surface area is 129 Å². The fourth-order valence-corrected chi connectivity index (χ4v) is 3.33. The molecule has 6 heteroatoms. The van der Waals surface area contributed by atoms with Crippen LogP contribution in [-0.2, 0) is 11.3 Å². The van der Waals surface area contributed by atoms with Crippen molar-refractivity contribution in [2.75, 3.05) is 33.3 Å². The van der Waals surface area contributed by atoms with Crippen molar-refractivity contribution in [3.63, 3.8) is 0 Å². The summed E-state index contributed by atoms with van der Waals surface area (Å²) in [6.45, 7) is 9.17. The molecular weight excluding hydrogens is 320 g/mol. The molecule has 1 aliphatic rings. The summed E-state index contributed by atoms with van der Waals surface area (Å²) in [7, 11) is 1.99. The van der Waals surface area contributed by atoms with Gasteiger partial charge in [0.1, 0.15) is 0 Å². The van der Waals surface area contributed by atoms with Crippen LogP contribution in [0.15, 0.2) is 10.7 Å². The van der Waals surface area contributed by atoms with Gasteiger partial charge >= 0.3 is 0 Å². The third kappa shape index (κ3) is 3.42. The molecule has 20 heavy (non-hydrogen) atoms. The molecule has 1 aromatic heterocycles. The number of aromatic nitrogens is 2. The molecule has 0 bridgehead atoms. The van der Waals surface area contributed by atoms with Crippen LogP contribution in [-0.4, -0.2) is 54.1 Å².